The first-order valence-corrected chi connectivity index (χ1v) is 9.30. The summed E-state index contributed by atoms with van der Waals surface area (Å²) in [4.78, 5) is 26.7. The van der Waals surface area contributed by atoms with E-state index in [-0.39, 0.29) is 29.5 Å². The highest BCUT2D eigenvalue weighted by atomic mass is 16.2. The molecule has 1 aliphatic heterocycles. The quantitative estimate of drug-likeness (QED) is 0.840. The molecule has 0 saturated carbocycles. The van der Waals surface area contributed by atoms with Crippen molar-refractivity contribution in [3.8, 4) is 6.07 Å². The van der Waals surface area contributed by atoms with E-state index in [1.54, 1.807) is 0 Å². The van der Waals surface area contributed by atoms with Crippen LogP contribution in [0.3, 0.4) is 0 Å². The number of likely N-dealkylation sites (tertiary alicyclic amines) is 1. The molecule has 1 aliphatic rings. The van der Waals surface area contributed by atoms with Crippen LogP contribution in [0.2, 0.25) is 0 Å². The maximum Gasteiger partial charge on any atom is 0.251 e. The van der Waals surface area contributed by atoms with Crippen molar-refractivity contribution in [2.24, 2.45) is 0 Å². The fourth-order valence-electron chi connectivity index (χ4n) is 3.57. The van der Waals surface area contributed by atoms with E-state index in [4.69, 9.17) is 5.26 Å². The molecule has 1 amide bonds. The molecule has 0 spiro atoms. The Morgan fingerprint density at radius 2 is 1.89 bits per heavy atom. The van der Waals surface area contributed by atoms with Crippen molar-refractivity contribution in [3.05, 3.63) is 69.6 Å². The van der Waals surface area contributed by atoms with Crippen LogP contribution >= 0.6 is 0 Å². The number of hydrogen-bond acceptors (Lipinski definition) is 3. The van der Waals surface area contributed by atoms with Gasteiger partial charge < -0.3 is 9.47 Å². The molecule has 1 atom stereocenters. The van der Waals surface area contributed by atoms with Crippen molar-refractivity contribution in [1.29, 1.82) is 5.26 Å². The number of carbonyl (C=O) groups excluding carboxylic acids is 1. The molecule has 5 nitrogen and oxygen atoms in total. The Bertz CT molecular complexity index is 930. The van der Waals surface area contributed by atoms with Crippen molar-refractivity contribution in [1.82, 2.24) is 9.47 Å². The summed E-state index contributed by atoms with van der Waals surface area (Å²) in [6, 6.07) is 13.3. The number of hydrogen-bond donors (Lipinski definition) is 0. The van der Waals surface area contributed by atoms with E-state index in [0.717, 1.165) is 18.4 Å². The summed E-state index contributed by atoms with van der Waals surface area (Å²) in [5.41, 5.74) is 2.59. The van der Waals surface area contributed by atoms with E-state index >= 15 is 0 Å². The zero-order valence-corrected chi connectivity index (χ0v) is 16.1. The minimum Gasteiger partial charge on any atom is -0.334 e. The van der Waals surface area contributed by atoms with Crippen LogP contribution < -0.4 is 5.56 Å². The van der Waals surface area contributed by atoms with Gasteiger partial charge in [-0.25, -0.2) is 0 Å². The molecule has 0 aliphatic carbocycles. The van der Waals surface area contributed by atoms with Gasteiger partial charge in [0.1, 0.15) is 12.6 Å². The van der Waals surface area contributed by atoms with Crippen LogP contribution in [0.4, 0.5) is 0 Å². The highest BCUT2D eigenvalue weighted by Gasteiger charge is 2.30. The second-order valence-electron chi connectivity index (χ2n) is 8.11. The first-order valence-electron chi connectivity index (χ1n) is 9.30. The zero-order valence-electron chi connectivity index (χ0n) is 16.1. The molecule has 27 heavy (non-hydrogen) atoms. The minimum atomic E-state index is -0.271. The third-order valence-electron chi connectivity index (χ3n) is 5.15. The molecule has 5 heteroatoms. The van der Waals surface area contributed by atoms with Gasteiger partial charge in [0.15, 0.2) is 0 Å². The molecule has 2 heterocycles. The van der Waals surface area contributed by atoms with Crippen molar-refractivity contribution in [3.63, 3.8) is 0 Å². The molecular formula is C22H25N3O2. The normalized spacial score (nSPS) is 17.0. The van der Waals surface area contributed by atoms with Gasteiger partial charge in [0.25, 0.3) is 5.56 Å². The number of amides is 1. The monoisotopic (exact) mass is 363 g/mol. The Balaban J connectivity index is 1.79. The third-order valence-corrected chi connectivity index (χ3v) is 5.15. The summed E-state index contributed by atoms with van der Waals surface area (Å²) in [7, 11) is 0. The predicted molar refractivity (Wildman–Crippen MR) is 104 cm³/mol. The smallest absolute Gasteiger partial charge is 0.251 e. The lowest BCUT2D eigenvalue weighted by Crippen LogP contribution is -2.36. The summed E-state index contributed by atoms with van der Waals surface area (Å²) in [6.07, 6.45) is 3.32. The SMILES string of the molecule is CC(C)(C)c1ccc(C2CCCN2C(=O)Cn2cc(C#N)ccc2=O)cc1. The van der Waals surface area contributed by atoms with Crippen LogP contribution in [0, 0.1) is 11.3 Å². The maximum atomic E-state index is 12.9. The van der Waals surface area contributed by atoms with Gasteiger partial charge >= 0.3 is 0 Å². The summed E-state index contributed by atoms with van der Waals surface area (Å²) in [5, 5.41) is 9.01. The average Bonchev–Trinajstić information content (AvgIpc) is 3.13. The minimum absolute atomic E-state index is 0.0368. The van der Waals surface area contributed by atoms with E-state index in [2.05, 4.69) is 45.0 Å². The van der Waals surface area contributed by atoms with Crippen LogP contribution in [-0.4, -0.2) is 21.9 Å². The molecule has 2 aromatic rings. The van der Waals surface area contributed by atoms with Crippen LogP contribution in [-0.2, 0) is 16.8 Å². The number of benzene rings is 1. The Morgan fingerprint density at radius 3 is 2.52 bits per heavy atom. The molecule has 1 unspecified atom stereocenters. The van der Waals surface area contributed by atoms with Crippen molar-refractivity contribution in [2.75, 3.05) is 6.54 Å². The predicted octanol–water partition coefficient (Wildman–Crippen LogP) is 3.38. The van der Waals surface area contributed by atoms with Gasteiger partial charge in [0, 0.05) is 18.8 Å². The molecule has 0 N–H and O–H groups in total. The second-order valence-corrected chi connectivity index (χ2v) is 8.11. The van der Waals surface area contributed by atoms with Crippen molar-refractivity contribution < 1.29 is 4.79 Å². The van der Waals surface area contributed by atoms with E-state index < -0.39 is 0 Å². The average molecular weight is 363 g/mol. The standard InChI is InChI=1S/C22H25N3O2/c1-22(2,3)18-9-7-17(8-10-18)19-5-4-12-25(19)21(27)15-24-14-16(13-23)6-11-20(24)26/h6-11,14,19H,4-5,12,15H2,1-3H3. The Labute approximate surface area is 159 Å². The fourth-order valence-corrected chi connectivity index (χ4v) is 3.57. The highest BCUT2D eigenvalue weighted by Crippen LogP contribution is 2.33. The third kappa shape index (κ3) is 4.11. The number of pyridine rings is 1. The van der Waals surface area contributed by atoms with Gasteiger partial charge in [-0.3, -0.25) is 9.59 Å². The molecule has 3 rings (SSSR count). The number of nitrogens with zero attached hydrogens (tertiary/aromatic N) is 3. The lowest BCUT2D eigenvalue weighted by molar-refractivity contribution is -0.132. The topological polar surface area (TPSA) is 66.1 Å². The van der Waals surface area contributed by atoms with Crippen LogP contribution in [0.5, 0.6) is 0 Å². The van der Waals surface area contributed by atoms with E-state index in [0.29, 0.717) is 12.1 Å². The fraction of sp³-hybridized carbons (Fsp3) is 0.409. The van der Waals surface area contributed by atoms with E-state index in [1.807, 2.05) is 11.0 Å². The van der Waals surface area contributed by atoms with Crippen LogP contribution in [0.25, 0.3) is 0 Å². The van der Waals surface area contributed by atoms with Crippen molar-refractivity contribution in [2.45, 2.75) is 51.6 Å². The lowest BCUT2D eigenvalue weighted by atomic mass is 9.86. The van der Waals surface area contributed by atoms with E-state index in [1.165, 1.54) is 28.5 Å². The molecule has 1 aromatic carbocycles. The summed E-state index contributed by atoms with van der Waals surface area (Å²) in [6.45, 7) is 7.20. The zero-order chi connectivity index (χ0) is 19.6. The Hall–Kier alpha value is -2.87. The van der Waals surface area contributed by atoms with E-state index in [9.17, 15) is 9.59 Å². The lowest BCUT2D eigenvalue weighted by Gasteiger charge is -2.26. The first kappa shape index (κ1) is 18.9. The summed E-state index contributed by atoms with van der Waals surface area (Å²) in [5.74, 6) is -0.0883. The summed E-state index contributed by atoms with van der Waals surface area (Å²) < 4.78 is 1.32. The highest BCUT2D eigenvalue weighted by molar-refractivity contribution is 5.77. The van der Waals surface area contributed by atoms with Crippen LogP contribution in [0.1, 0.15) is 56.3 Å². The number of nitriles is 1. The van der Waals surface area contributed by atoms with Crippen LogP contribution in [0.15, 0.2) is 47.4 Å². The van der Waals surface area contributed by atoms with Gasteiger partial charge in [-0.05, 0) is 35.4 Å². The van der Waals surface area contributed by atoms with Gasteiger partial charge in [0.05, 0.1) is 11.6 Å². The molecule has 0 radical (unpaired) electrons. The Morgan fingerprint density at radius 1 is 1.19 bits per heavy atom. The van der Waals surface area contributed by atoms with Gasteiger partial charge in [-0.1, -0.05) is 45.0 Å². The molecule has 1 saturated heterocycles. The molecule has 1 aromatic heterocycles. The maximum absolute atomic E-state index is 12.9. The Kier molecular flexibility index (Phi) is 5.18. The molecule has 1 fully saturated rings. The molecule has 140 valence electrons. The number of aromatic nitrogens is 1. The van der Waals surface area contributed by atoms with Crippen molar-refractivity contribution >= 4 is 5.91 Å². The molecule has 0 bridgehead atoms. The first-order chi connectivity index (χ1) is 12.8. The number of rotatable bonds is 3. The van der Waals surface area contributed by atoms with Gasteiger partial charge in [-0.15, -0.1) is 0 Å². The molecular weight excluding hydrogens is 338 g/mol. The van der Waals surface area contributed by atoms with Gasteiger partial charge in [0.2, 0.25) is 5.91 Å². The number of carbonyl (C=O) groups is 1. The second kappa shape index (κ2) is 7.40. The largest absolute Gasteiger partial charge is 0.334 e. The summed E-state index contributed by atoms with van der Waals surface area (Å²) >= 11 is 0. The van der Waals surface area contributed by atoms with Gasteiger partial charge in [-0.2, -0.15) is 5.26 Å².